The second kappa shape index (κ2) is 33.5. The van der Waals surface area contributed by atoms with Crippen LogP contribution in [0.15, 0.2) is 48.6 Å². The second-order valence-corrected chi connectivity index (χ2v) is 11.0. The first kappa shape index (κ1) is 36.4. The average molecular weight is 529 g/mol. The lowest BCUT2D eigenvalue weighted by molar-refractivity contribution is -0.137. The van der Waals surface area contributed by atoms with Crippen LogP contribution in [0.25, 0.3) is 0 Å². The van der Waals surface area contributed by atoms with Crippen LogP contribution in [-0.4, -0.2) is 11.1 Å². The Morgan fingerprint density at radius 2 is 0.711 bits per heavy atom. The van der Waals surface area contributed by atoms with Gasteiger partial charge in [0.25, 0.3) is 0 Å². The van der Waals surface area contributed by atoms with Crippen molar-refractivity contribution in [3.05, 3.63) is 48.6 Å². The fourth-order valence-corrected chi connectivity index (χ4v) is 4.82. The lowest BCUT2D eigenvalue weighted by Gasteiger charge is -2.04. The SMILES string of the molecule is CC/C=C\C/C=C\C/C=C\C/C=C\CCCCCCCCCCCCCCCCCCCCCCC(=O)O. The molecule has 1 N–H and O–H groups in total. The molecule has 0 aliphatic rings. The summed E-state index contributed by atoms with van der Waals surface area (Å²) < 4.78 is 0. The third kappa shape index (κ3) is 34.4. The number of allylic oxidation sites excluding steroid dienone is 8. The van der Waals surface area contributed by atoms with Gasteiger partial charge < -0.3 is 5.11 Å². The van der Waals surface area contributed by atoms with Crippen molar-refractivity contribution in [2.75, 3.05) is 0 Å². The molecule has 0 saturated carbocycles. The predicted molar refractivity (Wildman–Crippen MR) is 170 cm³/mol. The molecule has 0 rings (SSSR count). The Labute approximate surface area is 238 Å². The third-order valence-electron chi connectivity index (χ3n) is 7.23. The maximum Gasteiger partial charge on any atom is 0.303 e. The van der Waals surface area contributed by atoms with Gasteiger partial charge in [-0.3, -0.25) is 4.79 Å². The van der Waals surface area contributed by atoms with Gasteiger partial charge in [-0.05, 0) is 44.9 Å². The molecular weight excluding hydrogens is 464 g/mol. The van der Waals surface area contributed by atoms with E-state index in [2.05, 4.69) is 55.5 Å². The minimum Gasteiger partial charge on any atom is -0.481 e. The molecular formula is C36H64O2. The van der Waals surface area contributed by atoms with Crippen LogP contribution in [0, 0.1) is 0 Å². The standard InChI is InChI=1S/C36H64O2/c1-2-3-4-5-6-7-8-9-10-11-12-13-14-15-16-17-18-19-20-21-22-23-24-25-26-27-28-29-30-31-32-33-34-35-36(37)38/h3-4,6-7,9-10,12-13H,2,5,8,11,14-35H2,1H3,(H,37,38)/b4-3-,7-6-,10-9-,13-12-. The van der Waals surface area contributed by atoms with Crippen LogP contribution in [0.1, 0.15) is 174 Å². The first-order chi connectivity index (χ1) is 18.8. The third-order valence-corrected chi connectivity index (χ3v) is 7.23. The monoisotopic (exact) mass is 528 g/mol. The van der Waals surface area contributed by atoms with Gasteiger partial charge in [-0.25, -0.2) is 0 Å². The van der Waals surface area contributed by atoms with Gasteiger partial charge in [0.05, 0.1) is 0 Å². The van der Waals surface area contributed by atoms with Crippen LogP contribution in [0.5, 0.6) is 0 Å². The Morgan fingerprint density at radius 3 is 1.05 bits per heavy atom. The first-order valence-corrected chi connectivity index (χ1v) is 16.6. The van der Waals surface area contributed by atoms with E-state index in [-0.39, 0.29) is 0 Å². The number of carbonyl (C=O) groups is 1. The number of carboxylic acid groups (broad SMARTS) is 1. The summed E-state index contributed by atoms with van der Waals surface area (Å²) >= 11 is 0. The van der Waals surface area contributed by atoms with Crippen molar-refractivity contribution in [2.24, 2.45) is 0 Å². The van der Waals surface area contributed by atoms with E-state index < -0.39 is 5.97 Å². The summed E-state index contributed by atoms with van der Waals surface area (Å²) in [5.74, 6) is -0.652. The van der Waals surface area contributed by atoms with Gasteiger partial charge in [-0.1, -0.05) is 171 Å². The quantitative estimate of drug-likeness (QED) is 0.0743. The zero-order chi connectivity index (χ0) is 27.6. The van der Waals surface area contributed by atoms with Gasteiger partial charge >= 0.3 is 5.97 Å². The second-order valence-electron chi connectivity index (χ2n) is 11.0. The maximum atomic E-state index is 10.5. The van der Waals surface area contributed by atoms with Crippen LogP contribution in [0.4, 0.5) is 0 Å². The molecule has 0 aromatic heterocycles. The average Bonchev–Trinajstić information content (AvgIpc) is 2.91. The summed E-state index contributed by atoms with van der Waals surface area (Å²) in [6, 6.07) is 0. The topological polar surface area (TPSA) is 37.3 Å². The fourth-order valence-electron chi connectivity index (χ4n) is 4.82. The lowest BCUT2D eigenvalue weighted by atomic mass is 10.0. The van der Waals surface area contributed by atoms with Gasteiger partial charge in [0, 0.05) is 6.42 Å². The van der Waals surface area contributed by atoms with Crippen molar-refractivity contribution in [3.8, 4) is 0 Å². The summed E-state index contributed by atoms with van der Waals surface area (Å²) in [6.45, 7) is 2.17. The number of unbranched alkanes of at least 4 members (excludes halogenated alkanes) is 20. The zero-order valence-corrected chi connectivity index (χ0v) is 25.4. The van der Waals surface area contributed by atoms with Crippen molar-refractivity contribution in [2.45, 2.75) is 174 Å². The molecule has 0 aromatic rings. The van der Waals surface area contributed by atoms with Crippen molar-refractivity contribution >= 4 is 5.97 Å². The molecule has 0 spiro atoms. The Hall–Kier alpha value is -1.57. The Kier molecular flexibility index (Phi) is 32.1. The smallest absolute Gasteiger partial charge is 0.303 e. The molecule has 0 amide bonds. The lowest BCUT2D eigenvalue weighted by Crippen LogP contribution is -1.93. The van der Waals surface area contributed by atoms with Gasteiger partial charge in [-0.15, -0.1) is 0 Å². The first-order valence-electron chi connectivity index (χ1n) is 16.6. The zero-order valence-electron chi connectivity index (χ0n) is 25.4. The normalized spacial score (nSPS) is 12.2. The number of aliphatic carboxylic acids is 1. The summed E-state index contributed by atoms with van der Waals surface area (Å²) in [5, 5.41) is 8.62. The van der Waals surface area contributed by atoms with E-state index in [9.17, 15) is 4.79 Å². The Morgan fingerprint density at radius 1 is 0.421 bits per heavy atom. The highest BCUT2D eigenvalue weighted by Gasteiger charge is 1.97. The molecule has 0 unspecified atom stereocenters. The predicted octanol–water partition coefficient (Wildman–Crippen LogP) is 12.5. The molecule has 0 aliphatic carbocycles. The molecule has 0 saturated heterocycles. The summed E-state index contributed by atoms with van der Waals surface area (Å²) in [5.41, 5.74) is 0. The number of rotatable bonds is 30. The molecule has 0 bridgehead atoms. The highest BCUT2D eigenvalue weighted by Crippen LogP contribution is 2.15. The molecule has 2 heteroatoms. The molecule has 38 heavy (non-hydrogen) atoms. The minimum atomic E-state index is -0.652. The van der Waals surface area contributed by atoms with Crippen LogP contribution < -0.4 is 0 Å². The van der Waals surface area contributed by atoms with Crippen LogP contribution in [0.2, 0.25) is 0 Å². The van der Waals surface area contributed by atoms with Gasteiger partial charge in [0.2, 0.25) is 0 Å². The van der Waals surface area contributed by atoms with E-state index in [0.29, 0.717) is 6.42 Å². The van der Waals surface area contributed by atoms with Crippen LogP contribution >= 0.6 is 0 Å². The molecule has 2 nitrogen and oxygen atoms in total. The van der Waals surface area contributed by atoms with Gasteiger partial charge in [0.1, 0.15) is 0 Å². The van der Waals surface area contributed by atoms with Crippen LogP contribution in [-0.2, 0) is 4.79 Å². The molecule has 0 fully saturated rings. The summed E-state index contributed by atoms with van der Waals surface area (Å²) in [4.78, 5) is 10.5. The maximum absolute atomic E-state index is 10.5. The fraction of sp³-hybridized carbons (Fsp3) is 0.750. The highest BCUT2D eigenvalue weighted by atomic mass is 16.4. The molecule has 0 atom stereocenters. The van der Waals surface area contributed by atoms with Gasteiger partial charge in [-0.2, -0.15) is 0 Å². The van der Waals surface area contributed by atoms with E-state index in [4.69, 9.17) is 5.11 Å². The number of hydrogen-bond acceptors (Lipinski definition) is 1. The molecule has 220 valence electrons. The van der Waals surface area contributed by atoms with Crippen molar-refractivity contribution in [1.29, 1.82) is 0 Å². The number of hydrogen-bond donors (Lipinski definition) is 1. The van der Waals surface area contributed by atoms with Crippen LogP contribution in [0.3, 0.4) is 0 Å². The summed E-state index contributed by atoms with van der Waals surface area (Å²) in [6.07, 6.45) is 51.1. The molecule has 0 aliphatic heterocycles. The molecule has 0 heterocycles. The molecule has 0 radical (unpaired) electrons. The highest BCUT2D eigenvalue weighted by molar-refractivity contribution is 5.66. The number of carboxylic acids is 1. The van der Waals surface area contributed by atoms with Crippen molar-refractivity contribution in [3.63, 3.8) is 0 Å². The van der Waals surface area contributed by atoms with Gasteiger partial charge in [0.15, 0.2) is 0 Å². The van der Waals surface area contributed by atoms with E-state index in [1.54, 1.807) is 0 Å². The Balaban J connectivity index is 3.17. The summed E-state index contributed by atoms with van der Waals surface area (Å²) in [7, 11) is 0. The van der Waals surface area contributed by atoms with E-state index >= 15 is 0 Å². The minimum absolute atomic E-state index is 0.341. The van der Waals surface area contributed by atoms with Crippen molar-refractivity contribution < 1.29 is 9.90 Å². The van der Waals surface area contributed by atoms with E-state index in [0.717, 1.165) is 38.5 Å². The van der Waals surface area contributed by atoms with E-state index in [1.807, 2.05) is 0 Å². The molecule has 0 aromatic carbocycles. The van der Waals surface area contributed by atoms with E-state index in [1.165, 1.54) is 122 Å². The largest absolute Gasteiger partial charge is 0.481 e. The Bertz CT molecular complexity index is 584. The van der Waals surface area contributed by atoms with Crippen molar-refractivity contribution in [1.82, 2.24) is 0 Å².